The van der Waals surface area contributed by atoms with E-state index in [1.807, 2.05) is 25.3 Å². The second-order valence-corrected chi connectivity index (χ2v) is 4.52. The fraction of sp³-hybridized carbons (Fsp3) is 0.333. The maximum absolute atomic E-state index is 9.06. The van der Waals surface area contributed by atoms with Crippen molar-refractivity contribution in [1.29, 1.82) is 5.26 Å². The number of nitriles is 1. The Labute approximate surface area is 102 Å². The predicted molar refractivity (Wildman–Crippen MR) is 68.2 cm³/mol. The van der Waals surface area contributed by atoms with Crippen molar-refractivity contribution in [3.63, 3.8) is 0 Å². The van der Waals surface area contributed by atoms with Crippen molar-refractivity contribution in [1.82, 2.24) is 4.98 Å². The van der Waals surface area contributed by atoms with Gasteiger partial charge in [-0.3, -0.25) is 4.98 Å². The Morgan fingerprint density at radius 3 is 2.94 bits per heavy atom. The van der Waals surface area contributed by atoms with Crippen LogP contribution in [0.4, 0.5) is 0 Å². The van der Waals surface area contributed by atoms with Crippen LogP contribution in [0.5, 0.6) is 0 Å². The van der Waals surface area contributed by atoms with Gasteiger partial charge in [0.2, 0.25) is 0 Å². The quantitative estimate of drug-likeness (QED) is 0.769. The largest absolute Gasteiger partial charge is 0.261 e. The average Bonchev–Trinajstić information content (AvgIpc) is 2.39. The van der Waals surface area contributed by atoms with Crippen molar-refractivity contribution in [3.05, 3.63) is 53.4 Å². The fourth-order valence-corrected chi connectivity index (χ4v) is 2.17. The second kappa shape index (κ2) is 4.97. The zero-order valence-electron chi connectivity index (χ0n) is 10.2. The molecule has 1 aliphatic carbocycles. The lowest BCUT2D eigenvalue weighted by atomic mass is 9.82. The summed E-state index contributed by atoms with van der Waals surface area (Å²) in [6.45, 7) is 4.17. The van der Waals surface area contributed by atoms with Gasteiger partial charge in [-0.2, -0.15) is 5.26 Å². The van der Waals surface area contributed by atoms with Crippen molar-refractivity contribution in [3.8, 4) is 6.07 Å². The maximum atomic E-state index is 9.06. The first-order chi connectivity index (χ1) is 8.22. The molecule has 0 amide bonds. The average molecular weight is 224 g/mol. The summed E-state index contributed by atoms with van der Waals surface area (Å²) < 4.78 is 0. The normalized spacial score (nSPS) is 21.1. The number of aromatic nitrogens is 1. The Kier molecular flexibility index (Phi) is 3.39. The number of pyridine rings is 1. The zero-order valence-corrected chi connectivity index (χ0v) is 10.2. The van der Waals surface area contributed by atoms with Crippen molar-refractivity contribution in [2.75, 3.05) is 0 Å². The predicted octanol–water partition coefficient (Wildman–Crippen LogP) is 3.60. The first-order valence-corrected chi connectivity index (χ1v) is 5.92. The molecule has 0 fully saturated rings. The van der Waals surface area contributed by atoms with Gasteiger partial charge in [-0.05, 0) is 37.0 Å². The van der Waals surface area contributed by atoms with Crippen LogP contribution < -0.4 is 0 Å². The van der Waals surface area contributed by atoms with Crippen molar-refractivity contribution >= 4 is 0 Å². The van der Waals surface area contributed by atoms with Crippen LogP contribution in [0.25, 0.3) is 0 Å². The SMILES string of the molecule is CC1=CCC(C(C)c2ccccn2)C=C1C#N. The molecule has 17 heavy (non-hydrogen) atoms. The van der Waals surface area contributed by atoms with Gasteiger partial charge in [0, 0.05) is 17.8 Å². The molecule has 2 nitrogen and oxygen atoms in total. The van der Waals surface area contributed by atoms with Gasteiger partial charge in [-0.1, -0.05) is 25.1 Å². The highest BCUT2D eigenvalue weighted by atomic mass is 14.7. The molecule has 1 aromatic heterocycles. The molecule has 0 saturated heterocycles. The van der Waals surface area contributed by atoms with Crippen LogP contribution in [0.1, 0.15) is 31.9 Å². The third kappa shape index (κ3) is 2.45. The maximum Gasteiger partial charge on any atom is 0.0991 e. The standard InChI is InChI=1S/C15H16N2/c1-11-6-7-13(9-14(11)10-16)12(2)15-5-3-4-8-17-15/h3-6,8-9,12-13H,7H2,1-2H3. The molecule has 2 rings (SSSR count). The van der Waals surface area contributed by atoms with E-state index in [0.29, 0.717) is 11.8 Å². The molecular weight excluding hydrogens is 208 g/mol. The van der Waals surface area contributed by atoms with E-state index in [1.165, 1.54) is 0 Å². The minimum absolute atomic E-state index is 0.351. The van der Waals surface area contributed by atoms with Gasteiger partial charge in [0.05, 0.1) is 11.6 Å². The Hall–Kier alpha value is -1.88. The van der Waals surface area contributed by atoms with Crippen molar-refractivity contribution in [2.45, 2.75) is 26.2 Å². The first-order valence-electron chi connectivity index (χ1n) is 5.92. The molecule has 1 heterocycles. The molecule has 1 aliphatic rings. The molecule has 86 valence electrons. The molecule has 2 unspecified atom stereocenters. The van der Waals surface area contributed by atoms with Gasteiger partial charge in [-0.15, -0.1) is 0 Å². The van der Waals surface area contributed by atoms with Crippen LogP contribution in [0.2, 0.25) is 0 Å². The molecule has 0 bridgehead atoms. The summed E-state index contributed by atoms with van der Waals surface area (Å²) in [4.78, 5) is 4.39. The van der Waals surface area contributed by atoms with Crippen molar-refractivity contribution < 1.29 is 0 Å². The van der Waals surface area contributed by atoms with Crippen LogP contribution in [0, 0.1) is 17.2 Å². The fourth-order valence-electron chi connectivity index (χ4n) is 2.17. The van der Waals surface area contributed by atoms with E-state index in [2.05, 4.69) is 36.2 Å². The highest BCUT2D eigenvalue weighted by Gasteiger charge is 2.21. The molecule has 0 aromatic carbocycles. The lowest BCUT2D eigenvalue weighted by Crippen LogP contribution is -2.12. The Bertz CT molecular complexity index is 491. The topological polar surface area (TPSA) is 36.7 Å². The van der Waals surface area contributed by atoms with Crippen LogP contribution in [0.3, 0.4) is 0 Å². The molecule has 1 aromatic rings. The van der Waals surface area contributed by atoms with Crippen molar-refractivity contribution in [2.24, 2.45) is 5.92 Å². The van der Waals surface area contributed by atoms with E-state index in [4.69, 9.17) is 5.26 Å². The number of rotatable bonds is 2. The molecule has 0 aliphatic heterocycles. The molecular formula is C15H16N2. The minimum Gasteiger partial charge on any atom is -0.261 e. The van der Waals surface area contributed by atoms with Crippen LogP contribution >= 0.6 is 0 Å². The van der Waals surface area contributed by atoms with Crippen LogP contribution in [-0.2, 0) is 0 Å². The van der Waals surface area contributed by atoms with Gasteiger partial charge in [0.15, 0.2) is 0 Å². The molecule has 0 N–H and O–H groups in total. The third-order valence-corrected chi connectivity index (χ3v) is 3.42. The van der Waals surface area contributed by atoms with Crippen LogP contribution in [0.15, 0.2) is 47.7 Å². The zero-order chi connectivity index (χ0) is 12.3. The summed E-state index contributed by atoms with van der Waals surface area (Å²) >= 11 is 0. The Balaban J connectivity index is 2.21. The molecule has 0 radical (unpaired) electrons. The number of hydrogen-bond acceptors (Lipinski definition) is 2. The molecule has 2 heteroatoms. The summed E-state index contributed by atoms with van der Waals surface area (Å²) in [5, 5.41) is 9.06. The van der Waals surface area contributed by atoms with Gasteiger partial charge in [0.25, 0.3) is 0 Å². The lowest BCUT2D eigenvalue weighted by molar-refractivity contribution is 0.529. The molecule has 0 spiro atoms. The van der Waals surface area contributed by atoms with Gasteiger partial charge < -0.3 is 0 Å². The van der Waals surface area contributed by atoms with E-state index in [-0.39, 0.29) is 0 Å². The summed E-state index contributed by atoms with van der Waals surface area (Å²) in [6.07, 6.45) is 7.07. The van der Waals surface area contributed by atoms with Gasteiger partial charge in [-0.25, -0.2) is 0 Å². The highest BCUT2D eigenvalue weighted by molar-refractivity contribution is 5.43. The van der Waals surface area contributed by atoms with E-state index in [1.54, 1.807) is 0 Å². The van der Waals surface area contributed by atoms with E-state index in [0.717, 1.165) is 23.3 Å². The van der Waals surface area contributed by atoms with E-state index < -0.39 is 0 Å². The summed E-state index contributed by atoms with van der Waals surface area (Å²) in [5.41, 5.74) is 3.00. The summed E-state index contributed by atoms with van der Waals surface area (Å²) in [7, 11) is 0. The van der Waals surface area contributed by atoms with Gasteiger partial charge in [0.1, 0.15) is 0 Å². The lowest BCUT2D eigenvalue weighted by Gasteiger charge is -2.23. The Morgan fingerprint density at radius 1 is 1.47 bits per heavy atom. The molecule has 0 saturated carbocycles. The molecule has 2 atom stereocenters. The van der Waals surface area contributed by atoms with E-state index in [9.17, 15) is 0 Å². The van der Waals surface area contributed by atoms with Gasteiger partial charge >= 0.3 is 0 Å². The van der Waals surface area contributed by atoms with E-state index >= 15 is 0 Å². The smallest absolute Gasteiger partial charge is 0.0991 e. The number of nitrogens with zero attached hydrogens (tertiary/aromatic N) is 2. The first kappa shape index (κ1) is 11.6. The minimum atomic E-state index is 0.351. The summed E-state index contributed by atoms with van der Waals surface area (Å²) in [5.74, 6) is 0.729. The third-order valence-electron chi connectivity index (χ3n) is 3.42. The monoisotopic (exact) mass is 224 g/mol. The number of hydrogen-bond donors (Lipinski definition) is 0. The second-order valence-electron chi connectivity index (χ2n) is 4.52. The Morgan fingerprint density at radius 2 is 2.29 bits per heavy atom. The van der Waals surface area contributed by atoms with Crippen LogP contribution in [-0.4, -0.2) is 4.98 Å². The summed E-state index contributed by atoms with van der Waals surface area (Å²) in [6, 6.07) is 8.25. The highest BCUT2D eigenvalue weighted by Crippen LogP contribution is 2.32. The number of allylic oxidation sites excluding steroid dienone is 4.